The first-order valence-electron chi connectivity index (χ1n) is 11.9. The maximum Gasteiger partial charge on any atom is 0.321 e. The standard InChI is InChI=1S/C26H26ClN5O5S2/c1-30(2)25-28-19-14-18(10-11-21(19)31(25)12-5-13-36-3)32-24(33)23-20(29-26(32)37-39(4,34)35)15-22(38-23)16-6-8-17(27)9-7-16/h6-11,14-15H,5,12-13H2,1-4H3. The van der Waals surface area contributed by atoms with Gasteiger partial charge in [0.2, 0.25) is 5.95 Å². The van der Waals surface area contributed by atoms with Crippen molar-refractivity contribution in [2.45, 2.75) is 13.0 Å². The van der Waals surface area contributed by atoms with Crippen LogP contribution < -0.4 is 14.6 Å². The first kappa shape index (κ1) is 27.1. The number of hydrogen-bond donors (Lipinski definition) is 0. The number of rotatable bonds is 9. The highest BCUT2D eigenvalue weighted by atomic mass is 35.5. The fraction of sp³-hybridized carbons (Fsp3) is 0.269. The molecule has 204 valence electrons. The number of aryl methyl sites for hydroxylation is 1. The number of nitrogens with zero attached hydrogens (tertiary/aromatic N) is 5. The van der Waals surface area contributed by atoms with Crippen molar-refractivity contribution in [3.63, 3.8) is 0 Å². The van der Waals surface area contributed by atoms with Crippen molar-refractivity contribution in [3.8, 4) is 22.1 Å². The Morgan fingerprint density at radius 2 is 1.79 bits per heavy atom. The lowest BCUT2D eigenvalue weighted by molar-refractivity contribution is 0.191. The van der Waals surface area contributed by atoms with Crippen LogP contribution in [0.1, 0.15) is 6.42 Å². The second-order valence-electron chi connectivity index (χ2n) is 9.13. The zero-order chi connectivity index (χ0) is 27.9. The Bertz CT molecular complexity index is 1840. The summed E-state index contributed by atoms with van der Waals surface area (Å²) < 4.78 is 38.3. The number of imidazole rings is 1. The predicted molar refractivity (Wildman–Crippen MR) is 155 cm³/mol. The van der Waals surface area contributed by atoms with Gasteiger partial charge in [-0.2, -0.15) is 13.4 Å². The van der Waals surface area contributed by atoms with Crippen LogP contribution in [0.25, 0.3) is 37.4 Å². The Hall–Kier alpha value is -3.45. The van der Waals surface area contributed by atoms with Gasteiger partial charge in [0.05, 0.1) is 28.5 Å². The second kappa shape index (κ2) is 10.6. The summed E-state index contributed by atoms with van der Waals surface area (Å²) in [4.78, 5) is 25.7. The highest BCUT2D eigenvalue weighted by Gasteiger charge is 2.21. The summed E-state index contributed by atoms with van der Waals surface area (Å²) in [7, 11) is 1.49. The molecule has 0 N–H and O–H groups in total. The lowest BCUT2D eigenvalue weighted by Crippen LogP contribution is -2.23. The molecule has 0 fully saturated rings. The van der Waals surface area contributed by atoms with Crippen LogP contribution >= 0.6 is 22.9 Å². The van der Waals surface area contributed by atoms with E-state index in [0.29, 0.717) is 39.6 Å². The topological polar surface area (TPSA) is 109 Å². The molecule has 0 saturated heterocycles. The molecule has 0 bridgehead atoms. The van der Waals surface area contributed by atoms with Crippen LogP contribution in [-0.2, 0) is 21.4 Å². The average Bonchev–Trinajstić information content (AvgIpc) is 3.46. The van der Waals surface area contributed by atoms with Gasteiger partial charge in [-0.1, -0.05) is 23.7 Å². The number of fused-ring (bicyclic) bond motifs is 2. The number of hydrogen-bond acceptors (Lipinski definition) is 9. The molecule has 13 heteroatoms. The van der Waals surface area contributed by atoms with Crippen LogP contribution in [0.3, 0.4) is 0 Å². The molecule has 0 amide bonds. The summed E-state index contributed by atoms with van der Waals surface area (Å²) in [5.74, 6) is 0.748. The summed E-state index contributed by atoms with van der Waals surface area (Å²) in [6.07, 6.45) is 1.71. The van der Waals surface area contributed by atoms with Crippen molar-refractivity contribution in [2.75, 3.05) is 39.0 Å². The van der Waals surface area contributed by atoms with E-state index in [1.165, 1.54) is 15.9 Å². The molecule has 0 spiro atoms. The molecule has 0 aliphatic heterocycles. The Morgan fingerprint density at radius 3 is 2.46 bits per heavy atom. The summed E-state index contributed by atoms with van der Waals surface area (Å²) in [6, 6.07) is 13.9. The minimum atomic E-state index is -3.98. The zero-order valence-electron chi connectivity index (χ0n) is 21.7. The number of thiophene rings is 1. The van der Waals surface area contributed by atoms with Crippen molar-refractivity contribution >= 4 is 60.3 Å². The normalized spacial score (nSPS) is 11.9. The van der Waals surface area contributed by atoms with Crippen LogP contribution in [0.15, 0.2) is 53.3 Å². The molecule has 5 rings (SSSR count). The molecular formula is C26H26ClN5O5S2. The van der Waals surface area contributed by atoms with Crippen LogP contribution in [-0.4, -0.2) is 61.6 Å². The number of anilines is 1. The Kier molecular flexibility index (Phi) is 7.38. The van der Waals surface area contributed by atoms with E-state index in [1.54, 1.807) is 37.4 Å². The Balaban J connectivity index is 1.69. The van der Waals surface area contributed by atoms with E-state index in [2.05, 4.69) is 9.55 Å². The van der Waals surface area contributed by atoms with Crippen LogP contribution in [0.2, 0.25) is 5.02 Å². The SMILES string of the molecule is COCCCn1c(N(C)C)nc2cc(-n3c(OS(C)(=O)=O)nc4cc(-c5ccc(Cl)cc5)sc4c3=O)ccc21. The Morgan fingerprint density at radius 1 is 1.05 bits per heavy atom. The number of methoxy groups -OCH3 is 1. The monoisotopic (exact) mass is 587 g/mol. The zero-order valence-corrected chi connectivity index (χ0v) is 24.1. The van der Waals surface area contributed by atoms with Gasteiger partial charge < -0.3 is 18.4 Å². The molecule has 5 aromatic rings. The highest BCUT2D eigenvalue weighted by Crippen LogP contribution is 2.33. The third-order valence-electron chi connectivity index (χ3n) is 5.97. The van der Waals surface area contributed by atoms with Gasteiger partial charge in [0.25, 0.3) is 5.56 Å². The molecule has 0 atom stereocenters. The van der Waals surface area contributed by atoms with E-state index in [9.17, 15) is 13.2 Å². The average molecular weight is 588 g/mol. The van der Waals surface area contributed by atoms with E-state index in [-0.39, 0.29) is 6.01 Å². The van der Waals surface area contributed by atoms with E-state index in [0.717, 1.165) is 34.6 Å². The fourth-order valence-corrected chi connectivity index (χ4v) is 5.85. The lowest BCUT2D eigenvalue weighted by Gasteiger charge is -2.15. The largest absolute Gasteiger partial charge is 0.385 e. The van der Waals surface area contributed by atoms with Crippen molar-refractivity contribution in [1.29, 1.82) is 0 Å². The van der Waals surface area contributed by atoms with E-state index >= 15 is 0 Å². The molecule has 0 aliphatic carbocycles. The molecule has 0 aliphatic rings. The highest BCUT2D eigenvalue weighted by molar-refractivity contribution is 7.86. The van der Waals surface area contributed by atoms with Crippen molar-refractivity contribution in [2.24, 2.45) is 0 Å². The van der Waals surface area contributed by atoms with Crippen molar-refractivity contribution in [3.05, 3.63) is 63.9 Å². The first-order valence-corrected chi connectivity index (χ1v) is 15.0. The predicted octanol–water partition coefficient (Wildman–Crippen LogP) is 4.56. The molecular weight excluding hydrogens is 562 g/mol. The molecule has 0 unspecified atom stereocenters. The third-order valence-corrected chi connectivity index (χ3v) is 7.84. The third kappa shape index (κ3) is 5.50. The quantitative estimate of drug-likeness (QED) is 0.182. The van der Waals surface area contributed by atoms with Crippen molar-refractivity contribution in [1.82, 2.24) is 19.1 Å². The van der Waals surface area contributed by atoms with Crippen LogP contribution in [0, 0.1) is 0 Å². The molecule has 2 aromatic carbocycles. The van der Waals surface area contributed by atoms with E-state index in [1.807, 2.05) is 37.2 Å². The first-order chi connectivity index (χ1) is 18.6. The molecule has 3 heterocycles. The lowest BCUT2D eigenvalue weighted by atomic mass is 10.2. The van der Waals surface area contributed by atoms with Gasteiger partial charge >= 0.3 is 16.1 Å². The molecule has 0 radical (unpaired) electrons. The Labute approximate surface area is 234 Å². The van der Waals surface area contributed by atoms with E-state index in [4.69, 9.17) is 25.5 Å². The minimum absolute atomic E-state index is 0.336. The smallest absolute Gasteiger partial charge is 0.321 e. The van der Waals surface area contributed by atoms with Gasteiger partial charge in [-0.25, -0.2) is 9.55 Å². The maximum absolute atomic E-state index is 13.8. The maximum atomic E-state index is 13.8. The second-order valence-corrected chi connectivity index (χ2v) is 12.2. The van der Waals surface area contributed by atoms with E-state index < -0.39 is 15.7 Å². The minimum Gasteiger partial charge on any atom is -0.385 e. The van der Waals surface area contributed by atoms with Crippen LogP contribution in [0.4, 0.5) is 5.95 Å². The van der Waals surface area contributed by atoms with Gasteiger partial charge in [-0.3, -0.25) is 4.79 Å². The van der Waals surface area contributed by atoms with Crippen molar-refractivity contribution < 1.29 is 17.3 Å². The number of halogens is 1. The van der Waals surface area contributed by atoms with Gasteiger partial charge in [-0.05, 0) is 48.4 Å². The summed E-state index contributed by atoms with van der Waals surface area (Å²) in [5.41, 5.74) is 2.63. The molecule has 0 saturated carbocycles. The number of benzene rings is 2. The molecule has 3 aromatic heterocycles. The van der Waals surface area contributed by atoms with Gasteiger partial charge in [0.1, 0.15) is 4.70 Å². The summed E-state index contributed by atoms with van der Waals surface area (Å²) in [6.45, 7) is 1.30. The number of ether oxygens (including phenoxy) is 1. The molecule has 39 heavy (non-hydrogen) atoms. The van der Waals surface area contributed by atoms with Crippen LogP contribution in [0.5, 0.6) is 6.01 Å². The fourth-order valence-electron chi connectivity index (χ4n) is 4.31. The number of aromatic nitrogens is 4. The molecule has 10 nitrogen and oxygen atoms in total. The van der Waals surface area contributed by atoms with Gasteiger partial charge in [0, 0.05) is 44.3 Å². The van der Waals surface area contributed by atoms with Gasteiger partial charge in [0.15, 0.2) is 0 Å². The summed E-state index contributed by atoms with van der Waals surface area (Å²) in [5, 5.41) is 0.595. The van der Waals surface area contributed by atoms with Gasteiger partial charge in [-0.15, -0.1) is 11.3 Å². The summed E-state index contributed by atoms with van der Waals surface area (Å²) >= 11 is 7.29.